The number of aliphatic hydroxyl groups excluding tert-OH is 1. The van der Waals surface area contributed by atoms with E-state index in [1.54, 1.807) is 7.11 Å². The molecule has 3 rings (SSSR count). The van der Waals surface area contributed by atoms with Gasteiger partial charge < -0.3 is 14.9 Å². The first kappa shape index (κ1) is 18.2. The summed E-state index contributed by atoms with van der Waals surface area (Å²) >= 11 is 0. The molecule has 2 N–H and O–H groups in total. The number of carbonyl (C=O) groups excluding carboxylic acids is 1. The van der Waals surface area contributed by atoms with Crippen molar-refractivity contribution in [3.63, 3.8) is 0 Å². The molecular weight excluding hydrogens is 316 g/mol. The zero-order valence-corrected chi connectivity index (χ0v) is 16.0. The van der Waals surface area contributed by atoms with Gasteiger partial charge in [-0.1, -0.05) is 27.7 Å². The molecule has 2 aliphatic carbocycles. The molecule has 0 saturated heterocycles. The molecule has 0 spiro atoms. The molecule has 3 atom stereocenters. The van der Waals surface area contributed by atoms with Crippen molar-refractivity contribution < 1.29 is 19.7 Å². The normalized spacial score (nSPS) is 31.6. The third-order valence-electron chi connectivity index (χ3n) is 6.88. The van der Waals surface area contributed by atoms with Gasteiger partial charge in [0.05, 0.1) is 19.1 Å². The van der Waals surface area contributed by atoms with E-state index in [0.29, 0.717) is 12.2 Å². The molecule has 1 saturated carbocycles. The minimum Gasteiger partial charge on any atom is -0.507 e. The molecule has 0 aromatic heterocycles. The Labute approximate surface area is 150 Å². The molecule has 1 aromatic carbocycles. The Bertz CT molecular complexity index is 708. The number of phenols is 1. The van der Waals surface area contributed by atoms with Gasteiger partial charge in [0.25, 0.3) is 0 Å². The van der Waals surface area contributed by atoms with Crippen LogP contribution in [0.15, 0.2) is 6.07 Å². The summed E-state index contributed by atoms with van der Waals surface area (Å²) in [6.45, 7) is 8.08. The van der Waals surface area contributed by atoms with Crippen LogP contribution in [-0.4, -0.2) is 29.7 Å². The molecule has 0 heterocycles. The first-order chi connectivity index (χ1) is 11.7. The van der Waals surface area contributed by atoms with Crippen LogP contribution >= 0.6 is 0 Å². The lowest BCUT2D eigenvalue weighted by Crippen LogP contribution is -2.55. The number of fused-ring (bicyclic) bond motifs is 3. The molecule has 4 heteroatoms. The number of Topliss-reactive ketones (excluding diaryl/α,β-unsaturated/α-hetero) is 1. The maximum absolute atomic E-state index is 12.6. The van der Waals surface area contributed by atoms with E-state index >= 15 is 0 Å². The highest BCUT2D eigenvalue weighted by atomic mass is 16.5. The third kappa shape index (κ3) is 2.41. The number of ketones is 1. The predicted molar refractivity (Wildman–Crippen MR) is 97.3 cm³/mol. The second kappa shape index (κ2) is 6.01. The van der Waals surface area contributed by atoms with Crippen molar-refractivity contribution in [3.05, 3.63) is 22.8 Å². The van der Waals surface area contributed by atoms with Crippen LogP contribution in [0.4, 0.5) is 0 Å². The summed E-state index contributed by atoms with van der Waals surface area (Å²) in [7, 11) is 1.64. The molecule has 1 fully saturated rings. The van der Waals surface area contributed by atoms with Gasteiger partial charge in [0.2, 0.25) is 0 Å². The van der Waals surface area contributed by atoms with Crippen molar-refractivity contribution in [2.75, 3.05) is 13.7 Å². The molecule has 138 valence electrons. The minimum absolute atomic E-state index is 0.0766. The Morgan fingerprint density at radius 2 is 2.00 bits per heavy atom. The van der Waals surface area contributed by atoms with Crippen molar-refractivity contribution in [1.29, 1.82) is 0 Å². The summed E-state index contributed by atoms with van der Waals surface area (Å²) in [5.74, 6) is 1.48. The molecule has 25 heavy (non-hydrogen) atoms. The van der Waals surface area contributed by atoms with Gasteiger partial charge in [0.1, 0.15) is 17.3 Å². The van der Waals surface area contributed by atoms with Gasteiger partial charge in [-0.3, -0.25) is 4.79 Å². The maximum atomic E-state index is 12.6. The van der Waals surface area contributed by atoms with Crippen LogP contribution in [-0.2, 0) is 16.6 Å². The number of benzene rings is 1. The molecule has 3 unspecified atom stereocenters. The van der Waals surface area contributed by atoms with E-state index in [0.717, 1.165) is 41.7 Å². The molecule has 2 aliphatic rings. The Kier molecular flexibility index (Phi) is 4.39. The molecule has 0 amide bonds. The predicted octanol–water partition coefficient (Wildman–Crippen LogP) is 3.71. The largest absolute Gasteiger partial charge is 0.507 e. The topological polar surface area (TPSA) is 66.8 Å². The van der Waals surface area contributed by atoms with E-state index in [1.807, 2.05) is 6.92 Å². The summed E-state index contributed by atoms with van der Waals surface area (Å²) in [5, 5.41) is 21.0. The lowest BCUT2D eigenvalue weighted by atomic mass is 9.49. The quantitative estimate of drug-likeness (QED) is 0.876. The SMILES string of the molecule is COc1cc2c(c(O)c1C(C)C)CCC1C(C)(CO)C(=O)CCC21C. The standard InChI is InChI=1S/C21H30O4/c1-12(2)18-15(25-5)10-14-13(19(18)24)6-7-16-20(14,3)9-8-17(23)21(16,4)11-22/h10,12,16,22,24H,6-9,11H2,1-5H3. The monoisotopic (exact) mass is 346 g/mol. The second-order valence-corrected chi connectivity index (χ2v) is 8.53. The average Bonchev–Trinajstić information content (AvgIpc) is 2.58. The van der Waals surface area contributed by atoms with Crippen LogP contribution in [0.2, 0.25) is 0 Å². The minimum atomic E-state index is -0.704. The van der Waals surface area contributed by atoms with Crippen LogP contribution in [0.1, 0.15) is 69.6 Å². The highest BCUT2D eigenvalue weighted by Crippen LogP contribution is 2.58. The number of rotatable bonds is 3. The van der Waals surface area contributed by atoms with Gasteiger partial charge in [-0.25, -0.2) is 0 Å². The summed E-state index contributed by atoms with van der Waals surface area (Å²) in [4.78, 5) is 12.6. The molecular formula is C21H30O4. The van der Waals surface area contributed by atoms with Gasteiger partial charge in [-0.15, -0.1) is 0 Å². The first-order valence-electron chi connectivity index (χ1n) is 9.28. The van der Waals surface area contributed by atoms with Crippen LogP contribution in [0.3, 0.4) is 0 Å². The number of carbonyl (C=O) groups is 1. The third-order valence-corrected chi connectivity index (χ3v) is 6.88. The lowest BCUT2D eigenvalue weighted by molar-refractivity contribution is -0.142. The fourth-order valence-corrected chi connectivity index (χ4v) is 5.37. The lowest BCUT2D eigenvalue weighted by Gasteiger charge is -2.54. The fourth-order valence-electron chi connectivity index (χ4n) is 5.37. The van der Waals surface area contributed by atoms with E-state index in [9.17, 15) is 15.0 Å². The first-order valence-corrected chi connectivity index (χ1v) is 9.28. The Morgan fingerprint density at radius 3 is 2.56 bits per heavy atom. The summed E-state index contributed by atoms with van der Waals surface area (Å²) in [6.07, 6.45) is 2.76. The van der Waals surface area contributed by atoms with Crippen LogP contribution < -0.4 is 4.74 Å². The average molecular weight is 346 g/mol. The molecule has 0 aliphatic heterocycles. The highest BCUT2D eigenvalue weighted by Gasteiger charge is 2.56. The number of phenolic OH excluding ortho intramolecular Hbond substituents is 1. The van der Waals surface area contributed by atoms with Crippen molar-refractivity contribution >= 4 is 5.78 Å². The van der Waals surface area contributed by atoms with Crippen LogP contribution in [0.5, 0.6) is 11.5 Å². The Morgan fingerprint density at radius 1 is 1.32 bits per heavy atom. The van der Waals surface area contributed by atoms with Gasteiger partial charge in [0.15, 0.2) is 0 Å². The van der Waals surface area contributed by atoms with Crippen molar-refractivity contribution in [2.24, 2.45) is 11.3 Å². The van der Waals surface area contributed by atoms with Crippen molar-refractivity contribution in [1.82, 2.24) is 0 Å². The number of hydrogen-bond donors (Lipinski definition) is 2. The molecule has 0 bridgehead atoms. The zero-order valence-electron chi connectivity index (χ0n) is 16.0. The highest BCUT2D eigenvalue weighted by molar-refractivity contribution is 5.86. The maximum Gasteiger partial charge on any atom is 0.141 e. The van der Waals surface area contributed by atoms with Crippen molar-refractivity contribution in [3.8, 4) is 11.5 Å². The van der Waals surface area contributed by atoms with Gasteiger partial charge in [0, 0.05) is 12.0 Å². The summed E-state index contributed by atoms with van der Waals surface area (Å²) in [5.41, 5.74) is 2.01. The van der Waals surface area contributed by atoms with Gasteiger partial charge in [-0.2, -0.15) is 0 Å². The van der Waals surface area contributed by atoms with Crippen molar-refractivity contribution in [2.45, 2.75) is 64.7 Å². The molecule has 0 radical (unpaired) electrons. The van der Waals surface area contributed by atoms with E-state index in [4.69, 9.17) is 4.74 Å². The van der Waals surface area contributed by atoms with Gasteiger partial charge in [-0.05, 0) is 53.7 Å². The van der Waals surface area contributed by atoms with Gasteiger partial charge >= 0.3 is 0 Å². The Balaban J connectivity index is 2.22. The summed E-state index contributed by atoms with van der Waals surface area (Å²) in [6, 6.07) is 2.07. The van der Waals surface area contributed by atoms with Crippen LogP contribution in [0, 0.1) is 11.3 Å². The molecule has 4 nitrogen and oxygen atoms in total. The zero-order chi connectivity index (χ0) is 18.6. The van der Waals surface area contributed by atoms with E-state index in [-0.39, 0.29) is 29.6 Å². The van der Waals surface area contributed by atoms with E-state index in [1.165, 1.54) is 0 Å². The number of hydrogen-bond acceptors (Lipinski definition) is 4. The smallest absolute Gasteiger partial charge is 0.141 e. The number of methoxy groups -OCH3 is 1. The number of aromatic hydroxyl groups is 1. The van der Waals surface area contributed by atoms with E-state index < -0.39 is 5.41 Å². The van der Waals surface area contributed by atoms with Crippen LogP contribution in [0.25, 0.3) is 0 Å². The fraction of sp³-hybridized carbons (Fsp3) is 0.667. The summed E-state index contributed by atoms with van der Waals surface area (Å²) < 4.78 is 5.60. The second-order valence-electron chi connectivity index (χ2n) is 8.53. The number of aliphatic hydroxyl groups is 1. The van der Waals surface area contributed by atoms with E-state index in [2.05, 4.69) is 26.8 Å². The number of ether oxygens (including phenoxy) is 1. The molecule has 1 aromatic rings. The Hall–Kier alpha value is -1.55.